The number of nitrogens with zero attached hydrogens (tertiary/aromatic N) is 1. The average Bonchev–Trinajstić information content (AvgIpc) is 2.56. The van der Waals surface area contributed by atoms with Gasteiger partial charge < -0.3 is 4.74 Å². The van der Waals surface area contributed by atoms with Crippen molar-refractivity contribution in [1.82, 2.24) is 0 Å². The van der Waals surface area contributed by atoms with Crippen LogP contribution < -0.4 is 4.74 Å². The van der Waals surface area contributed by atoms with Gasteiger partial charge in [-0.25, -0.2) is 0 Å². The van der Waals surface area contributed by atoms with E-state index in [0.29, 0.717) is 23.7 Å². The van der Waals surface area contributed by atoms with Gasteiger partial charge in [0.25, 0.3) is 5.69 Å². The van der Waals surface area contributed by atoms with E-state index >= 15 is 0 Å². The summed E-state index contributed by atoms with van der Waals surface area (Å²) in [5, 5.41) is 10.8. The first kappa shape index (κ1) is 18.0. The lowest BCUT2D eigenvalue weighted by molar-refractivity contribution is -0.384. The van der Waals surface area contributed by atoms with Gasteiger partial charge in [-0.3, -0.25) is 14.9 Å². The van der Waals surface area contributed by atoms with Crippen molar-refractivity contribution < 1.29 is 14.5 Å². The van der Waals surface area contributed by atoms with E-state index in [9.17, 15) is 14.9 Å². The van der Waals surface area contributed by atoms with E-state index in [-0.39, 0.29) is 11.5 Å². The molecule has 6 heteroatoms. The maximum Gasteiger partial charge on any atom is 0.269 e. The molecule has 0 saturated carbocycles. The van der Waals surface area contributed by atoms with Gasteiger partial charge in [-0.1, -0.05) is 12.1 Å². The normalized spacial score (nSPS) is 10.4. The standard InChI is InChI=1S/C18H19NO4S/c1-3-23-18-8-7-15(13(2)20)10-16(18)12-24-11-14-5-4-6-17(9-14)19(21)22/h4-10H,3,11-12H2,1-2H3. The van der Waals surface area contributed by atoms with Gasteiger partial charge in [-0.05, 0) is 37.6 Å². The highest BCUT2D eigenvalue weighted by atomic mass is 32.2. The summed E-state index contributed by atoms with van der Waals surface area (Å²) in [6.07, 6.45) is 0. The number of rotatable bonds is 8. The molecule has 0 spiro atoms. The van der Waals surface area contributed by atoms with Crippen molar-refractivity contribution in [2.45, 2.75) is 25.4 Å². The summed E-state index contributed by atoms with van der Waals surface area (Å²) in [6.45, 7) is 4.01. The third-order valence-electron chi connectivity index (χ3n) is 3.41. The van der Waals surface area contributed by atoms with E-state index in [4.69, 9.17) is 4.74 Å². The van der Waals surface area contributed by atoms with Crippen LogP contribution in [0.15, 0.2) is 42.5 Å². The lowest BCUT2D eigenvalue weighted by Crippen LogP contribution is -1.99. The Balaban J connectivity index is 2.07. The Labute approximate surface area is 145 Å². The van der Waals surface area contributed by atoms with E-state index in [1.165, 1.54) is 13.0 Å². The number of Topliss-reactive ketones (excluding diaryl/α,β-unsaturated/α-hetero) is 1. The van der Waals surface area contributed by atoms with Crippen molar-refractivity contribution in [2.24, 2.45) is 0 Å². The first-order chi connectivity index (χ1) is 11.5. The highest BCUT2D eigenvalue weighted by Crippen LogP contribution is 2.27. The minimum Gasteiger partial charge on any atom is -0.494 e. The van der Waals surface area contributed by atoms with Gasteiger partial charge in [0, 0.05) is 34.8 Å². The van der Waals surface area contributed by atoms with Gasteiger partial charge >= 0.3 is 0 Å². The van der Waals surface area contributed by atoms with Crippen molar-refractivity contribution >= 4 is 23.2 Å². The molecule has 2 aromatic carbocycles. The second-order valence-electron chi connectivity index (χ2n) is 5.23. The minimum atomic E-state index is -0.391. The molecular weight excluding hydrogens is 326 g/mol. The number of ketones is 1. The molecule has 0 unspecified atom stereocenters. The highest BCUT2D eigenvalue weighted by molar-refractivity contribution is 7.97. The molecule has 0 heterocycles. The van der Waals surface area contributed by atoms with Crippen LogP contribution in [0.2, 0.25) is 0 Å². The Morgan fingerprint density at radius 3 is 2.67 bits per heavy atom. The third-order valence-corrected chi connectivity index (χ3v) is 4.47. The number of hydrogen-bond donors (Lipinski definition) is 0. The number of hydrogen-bond acceptors (Lipinski definition) is 5. The SMILES string of the molecule is CCOc1ccc(C(C)=O)cc1CSCc1cccc([N+](=O)[O-])c1. The first-order valence-electron chi connectivity index (χ1n) is 7.59. The molecule has 0 fully saturated rings. The summed E-state index contributed by atoms with van der Waals surface area (Å²) in [5.74, 6) is 2.11. The summed E-state index contributed by atoms with van der Waals surface area (Å²) in [4.78, 5) is 22.0. The van der Waals surface area contributed by atoms with E-state index < -0.39 is 4.92 Å². The fourth-order valence-electron chi connectivity index (χ4n) is 2.25. The maximum absolute atomic E-state index is 11.6. The number of nitro benzene ring substituents is 1. The largest absolute Gasteiger partial charge is 0.494 e. The van der Waals surface area contributed by atoms with Crippen molar-refractivity contribution in [1.29, 1.82) is 0 Å². The summed E-state index contributed by atoms with van der Waals surface area (Å²) >= 11 is 1.63. The first-order valence-corrected chi connectivity index (χ1v) is 8.74. The summed E-state index contributed by atoms with van der Waals surface area (Å²) < 4.78 is 5.61. The number of thioether (sulfide) groups is 1. The van der Waals surface area contributed by atoms with Crippen molar-refractivity contribution in [2.75, 3.05) is 6.61 Å². The zero-order valence-corrected chi connectivity index (χ0v) is 14.5. The van der Waals surface area contributed by atoms with Gasteiger partial charge in [0.05, 0.1) is 11.5 Å². The number of carbonyl (C=O) groups is 1. The minimum absolute atomic E-state index is 0.0167. The molecule has 0 aromatic heterocycles. The molecule has 0 N–H and O–H groups in total. The number of carbonyl (C=O) groups excluding carboxylic acids is 1. The van der Waals surface area contributed by atoms with Crippen LogP contribution in [0.5, 0.6) is 5.75 Å². The van der Waals surface area contributed by atoms with Crippen LogP contribution in [-0.2, 0) is 11.5 Å². The second-order valence-corrected chi connectivity index (χ2v) is 6.22. The van der Waals surface area contributed by atoms with Crippen molar-refractivity contribution in [3.63, 3.8) is 0 Å². The Kier molecular flexibility index (Phi) is 6.37. The van der Waals surface area contributed by atoms with Crippen LogP contribution in [0.1, 0.15) is 35.3 Å². The maximum atomic E-state index is 11.6. The smallest absolute Gasteiger partial charge is 0.269 e. The molecule has 126 valence electrons. The fraction of sp³-hybridized carbons (Fsp3) is 0.278. The molecule has 0 aliphatic rings. The van der Waals surface area contributed by atoms with Gasteiger partial charge in [-0.15, -0.1) is 0 Å². The van der Waals surface area contributed by atoms with Crippen molar-refractivity contribution in [3.05, 3.63) is 69.3 Å². The van der Waals surface area contributed by atoms with Crippen molar-refractivity contribution in [3.8, 4) is 5.75 Å². The monoisotopic (exact) mass is 345 g/mol. The molecule has 0 saturated heterocycles. The molecule has 0 radical (unpaired) electrons. The lowest BCUT2D eigenvalue weighted by Gasteiger charge is -2.11. The predicted molar refractivity (Wildman–Crippen MR) is 95.7 cm³/mol. The molecule has 2 aromatic rings. The number of ether oxygens (including phenoxy) is 1. The lowest BCUT2D eigenvalue weighted by atomic mass is 10.1. The van der Waals surface area contributed by atoms with E-state index in [1.807, 2.05) is 25.1 Å². The Bertz CT molecular complexity index is 746. The van der Waals surface area contributed by atoms with Gasteiger partial charge in [0.15, 0.2) is 5.78 Å². The molecule has 2 rings (SSSR count). The topological polar surface area (TPSA) is 69.4 Å². The van der Waals surface area contributed by atoms with E-state index in [2.05, 4.69) is 0 Å². The predicted octanol–water partition coefficient (Wildman–Crippen LogP) is 4.63. The molecular formula is C18H19NO4S. The molecule has 0 amide bonds. The molecule has 0 aliphatic heterocycles. The van der Waals surface area contributed by atoms with Crippen LogP contribution in [0, 0.1) is 10.1 Å². The zero-order valence-electron chi connectivity index (χ0n) is 13.7. The Hall–Kier alpha value is -2.34. The zero-order chi connectivity index (χ0) is 17.5. The average molecular weight is 345 g/mol. The third kappa shape index (κ3) is 4.83. The summed E-state index contributed by atoms with van der Waals surface area (Å²) in [5.41, 5.74) is 2.61. The highest BCUT2D eigenvalue weighted by Gasteiger charge is 2.09. The summed E-state index contributed by atoms with van der Waals surface area (Å²) in [6, 6.07) is 12.1. The molecule has 5 nitrogen and oxygen atoms in total. The number of benzene rings is 2. The molecule has 0 bridgehead atoms. The van der Waals surface area contributed by atoms with Crippen LogP contribution in [0.25, 0.3) is 0 Å². The van der Waals surface area contributed by atoms with Crippen LogP contribution in [0.3, 0.4) is 0 Å². The molecule has 24 heavy (non-hydrogen) atoms. The summed E-state index contributed by atoms with van der Waals surface area (Å²) in [7, 11) is 0. The van der Waals surface area contributed by atoms with E-state index in [1.54, 1.807) is 30.0 Å². The second kappa shape index (κ2) is 8.49. The molecule has 0 aliphatic carbocycles. The van der Waals surface area contributed by atoms with Crippen LogP contribution >= 0.6 is 11.8 Å². The van der Waals surface area contributed by atoms with Gasteiger partial charge in [0.2, 0.25) is 0 Å². The Morgan fingerprint density at radius 2 is 2.00 bits per heavy atom. The van der Waals surface area contributed by atoms with Gasteiger partial charge in [-0.2, -0.15) is 11.8 Å². The van der Waals surface area contributed by atoms with Crippen LogP contribution in [0.4, 0.5) is 5.69 Å². The Morgan fingerprint density at radius 1 is 1.21 bits per heavy atom. The van der Waals surface area contributed by atoms with E-state index in [0.717, 1.165) is 16.9 Å². The van der Waals surface area contributed by atoms with Gasteiger partial charge in [0.1, 0.15) is 5.75 Å². The number of non-ortho nitro benzene ring substituents is 1. The quantitative estimate of drug-likeness (QED) is 0.396. The fourth-order valence-corrected chi connectivity index (χ4v) is 3.21. The molecule has 0 atom stereocenters. The van der Waals surface area contributed by atoms with Crippen LogP contribution in [-0.4, -0.2) is 17.3 Å². The number of nitro groups is 1.